The predicted molar refractivity (Wildman–Crippen MR) is 80.9 cm³/mol. The van der Waals surface area contributed by atoms with Crippen molar-refractivity contribution >= 4 is 0 Å². The van der Waals surface area contributed by atoms with Gasteiger partial charge < -0.3 is 10.1 Å². The summed E-state index contributed by atoms with van der Waals surface area (Å²) in [7, 11) is 3.65. The maximum absolute atomic E-state index is 5.18. The first-order valence-electron chi connectivity index (χ1n) is 7.07. The van der Waals surface area contributed by atoms with E-state index in [9.17, 15) is 0 Å². The summed E-state index contributed by atoms with van der Waals surface area (Å²) in [6.07, 6.45) is 6.13. The molecule has 0 aliphatic rings. The molecular formula is C16H23N3O. The maximum Gasteiger partial charge on any atom is 0.118 e. The standard InChI is InChI=1S/C16H23N3O/c1-4-17-16(14-11-18-19(2)12-14)10-7-13-5-8-15(20-3)9-6-13/h5-6,8-9,11-12,16-17H,4,7,10H2,1-3H3. The lowest BCUT2D eigenvalue weighted by molar-refractivity contribution is 0.414. The molecule has 1 aromatic carbocycles. The number of hydrogen-bond donors (Lipinski definition) is 1. The molecule has 1 heterocycles. The third-order valence-electron chi connectivity index (χ3n) is 3.46. The zero-order valence-corrected chi connectivity index (χ0v) is 12.5. The maximum atomic E-state index is 5.18. The van der Waals surface area contributed by atoms with Gasteiger partial charge in [0, 0.05) is 24.8 Å². The van der Waals surface area contributed by atoms with Gasteiger partial charge in [-0.3, -0.25) is 4.68 Å². The van der Waals surface area contributed by atoms with Crippen LogP contribution in [0.1, 0.15) is 30.5 Å². The number of nitrogens with zero attached hydrogens (tertiary/aromatic N) is 2. The van der Waals surface area contributed by atoms with Gasteiger partial charge in [-0.1, -0.05) is 19.1 Å². The van der Waals surface area contributed by atoms with Crippen LogP contribution < -0.4 is 10.1 Å². The molecule has 1 unspecified atom stereocenters. The summed E-state index contributed by atoms with van der Waals surface area (Å²) in [4.78, 5) is 0. The van der Waals surface area contributed by atoms with E-state index in [4.69, 9.17) is 4.74 Å². The molecule has 0 spiro atoms. The summed E-state index contributed by atoms with van der Waals surface area (Å²) in [5.74, 6) is 0.907. The molecule has 4 heteroatoms. The molecule has 108 valence electrons. The van der Waals surface area contributed by atoms with Crippen LogP contribution >= 0.6 is 0 Å². The average molecular weight is 273 g/mol. The fraction of sp³-hybridized carbons (Fsp3) is 0.438. The highest BCUT2D eigenvalue weighted by molar-refractivity contribution is 5.27. The van der Waals surface area contributed by atoms with Gasteiger partial charge in [-0.25, -0.2) is 0 Å². The van der Waals surface area contributed by atoms with Gasteiger partial charge in [-0.05, 0) is 37.1 Å². The minimum absolute atomic E-state index is 0.357. The van der Waals surface area contributed by atoms with Crippen LogP contribution in [0, 0.1) is 0 Å². The molecule has 0 bridgehead atoms. The number of nitrogens with one attached hydrogen (secondary N) is 1. The van der Waals surface area contributed by atoms with Crippen molar-refractivity contribution in [3.63, 3.8) is 0 Å². The summed E-state index contributed by atoms with van der Waals surface area (Å²) in [5.41, 5.74) is 2.58. The van der Waals surface area contributed by atoms with Crippen LogP contribution in [0.2, 0.25) is 0 Å². The van der Waals surface area contributed by atoms with E-state index < -0.39 is 0 Å². The highest BCUT2D eigenvalue weighted by Gasteiger charge is 2.12. The van der Waals surface area contributed by atoms with Crippen LogP contribution in [0.4, 0.5) is 0 Å². The van der Waals surface area contributed by atoms with E-state index >= 15 is 0 Å². The van der Waals surface area contributed by atoms with Gasteiger partial charge in [0.1, 0.15) is 5.75 Å². The number of aryl methyl sites for hydroxylation is 2. The third-order valence-corrected chi connectivity index (χ3v) is 3.46. The Kier molecular flexibility index (Phi) is 5.18. The van der Waals surface area contributed by atoms with E-state index in [2.05, 4.69) is 35.7 Å². The van der Waals surface area contributed by atoms with Crippen LogP contribution in [-0.2, 0) is 13.5 Å². The van der Waals surface area contributed by atoms with Gasteiger partial charge in [0.05, 0.1) is 13.3 Å². The Morgan fingerprint density at radius 3 is 2.60 bits per heavy atom. The van der Waals surface area contributed by atoms with Gasteiger partial charge in [-0.2, -0.15) is 5.10 Å². The number of methoxy groups -OCH3 is 1. The van der Waals surface area contributed by atoms with Crippen LogP contribution in [0.3, 0.4) is 0 Å². The van der Waals surface area contributed by atoms with Crippen molar-refractivity contribution in [3.05, 3.63) is 47.8 Å². The molecule has 2 rings (SSSR count). The lowest BCUT2D eigenvalue weighted by Crippen LogP contribution is -2.21. The number of ether oxygens (including phenoxy) is 1. The minimum Gasteiger partial charge on any atom is -0.497 e. The van der Waals surface area contributed by atoms with Crippen molar-refractivity contribution in [2.75, 3.05) is 13.7 Å². The summed E-state index contributed by atoms with van der Waals surface area (Å²) < 4.78 is 7.04. The molecule has 2 aromatic rings. The smallest absolute Gasteiger partial charge is 0.118 e. The van der Waals surface area contributed by atoms with E-state index in [0.717, 1.165) is 25.1 Å². The van der Waals surface area contributed by atoms with Gasteiger partial charge in [0.25, 0.3) is 0 Å². The van der Waals surface area contributed by atoms with Gasteiger partial charge in [0.15, 0.2) is 0 Å². The Hall–Kier alpha value is -1.81. The number of benzene rings is 1. The normalized spacial score (nSPS) is 12.3. The summed E-state index contributed by atoms with van der Waals surface area (Å²) in [5, 5.41) is 7.78. The molecule has 1 atom stereocenters. The molecule has 0 aliphatic carbocycles. The molecular weight excluding hydrogens is 250 g/mol. The van der Waals surface area contributed by atoms with E-state index in [1.165, 1.54) is 11.1 Å². The zero-order chi connectivity index (χ0) is 14.4. The summed E-state index contributed by atoms with van der Waals surface area (Å²) in [6, 6.07) is 8.65. The molecule has 0 fully saturated rings. The summed E-state index contributed by atoms with van der Waals surface area (Å²) in [6.45, 7) is 3.10. The van der Waals surface area contributed by atoms with Crippen molar-refractivity contribution in [2.45, 2.75) is 25.8 Å². The predicted octanol–water partition coefficient (Wildman–Crippen LogP) is 2.71. The number of hydrogen-bond acceptors (Lipinski definition) is 3. The van der Waals surface area contributed by atoms with Crippen molar-refractivity contribution in [1.29, 1.82) is 0 Å². The van der Waals surface area contributed by atoms with E-state index in [0.29, 0.717) is 6.04 Å². The van der Waals surface area contributed by atoms with Crippen LogP contribution in [0.25, 0.3) is 0 Å². The second-order valence-corrected chi connectivity index (χ2v) is 4.94. The van der Waals surface area contributed by atoms with Crippen LogP contribution in [0.15, 0.2) is 36.7 Å². The minimum atomic E-state index is 0.357. The molecule has 0 saturated carbocycles. The Balaban J connectivity index is 1.97. The first-order valence-corrected chi connectivity index (χ1v) is 7.07. The van der Waals surface area contributed by atoms with E-state index in [1.54, 1.807) is 7.11 Å². The van der Waals surface area contributed by atoms with Gasteiger partial charge in [-0.15, -0.1) is 0 Å². The van der Waals surface area contributed by atoms with Crippen molar-refractivity contribution in [2.24, 2.45) is 7.05 Å². The SMILES string of the molecule is CCNC(CCc1ccc(OC)cc1)c1cnn(C)c1. The first kappa shape index (κ1) is 14.6. The van der Waals surface area contributed by atoms with Crippen LogP contribution in [-0.4, -0.2) is 23.4 Å². The first-order chi connectivity index (χ1) is 9.72. The Morgan fingerprint density at radius 2 is 2.05 bits per heavy atom. The van der Waals surface area contributed by atoms with Crippen molar-refractivity contribution < 1.29 is 4.74 Å². The Morgan fingerprint density at radius 1 is 1.30 bits per heavy atom. The number of aromatic nitrogens is 2. The highest BCUT2D eigenvalue weighted by Crippen LogP contribution is 2.20. The second kappa shape index (κ2) is 7.10. The van der Waals surface area contributed by atoms with Crippen molar-refractivity contribution in [1.82, 2.24) is 15.1 Å². The Labute approximate surface area is 120 Å². The quantitative estimate of drug-likeness (QED) is 0.843. The molecule has 20 heavy (non-hydrogen) atoms. The van der Waals surface area contributed by atoms with E-state index in [1.807, 2.05) is 30.1 Å². The molecule has 0 aliphatic heterocycles. The fourth-order valence-electron chi connectivity index (χ4n) is 2.36. The molecule has 0 saturated heterocycles. The van der Waals surface area contributed by atoms with Gasteiger partial charge >= 0.3 is 0 Å². The van der Waals surface area contributed by atoms with Crippen LogP contribution in [0.5, 0.6) is 5.75 Å². The molecule has 4 nitrogen and oxygen atoms in total. The molecule has 1 aromatic heterocycles. The highest BCUT2D eigenvalue weighted by atomic mass is 16.5. The monoisotopic (exact) mass is 273 g/mol. The fourth-order valence-corrected chi connectivity index (χ4v) is 2.36. The molecule has 0 radical (unpaired) electrons. The molecule has 1 N–H and O–H groups in total. The van der Waals surface area contributed by atoms with E-state index in [-0.39, 0.29) is 0 Å². The lowest BCUT2D eigenvalue weighted by Gasteiger charge is -2.16. The average Bonchev–Trinajstić information content (AvgIpc) is 2.90. The zero-order valence-electron chi connectivity index (χ0n) is 12.5. The van der Waals surface area contributed by atoms with Gasteiger partial charge in [0.2, 0.25) is 0 Å². The second-order valence-electron chi connectivity index (χ2n) is 4.94. The topological polar surface area (TPSA) is 39.1 Å². The molecule has 0 amide bonds. The third kappa shape index (κ3) is 3.84. The summed E-state index contributed by atoms with van der Waals surface area (Å²) >= 11 is 0. The Bertz CT molecular complexity index is 519. The largest absolute Gasteiger partial charge is 0.497 e. The van der Waals surface area contributed by atoms with Crippen molar-refractivity contribution in [3.8, 4) is 5.75 Å². The number of rotatable bonds is 7. The lowest BCUT2D eigenvalue weighted by atomic mass is 10.0.